The van der Waals surface area contributed by atoms with Crippen molar-refractivity contribution < 1.29 is 9.59 Å². The molecule has 0 aromatic rings. The third-order valence-electron chi connectivity index (χ3n) is 5.78. The summed E-state index contributed by atoms with van der Waals surface area (Å²) in [4.78, 5) is 26.3. The van der Waals surface area contributed by atoms with Crippen molar-refractivity contribution in [1.29, 1.82) is 0 Å². The lowest BCUT2D eigenvalue weighted by Crippen LogP contribution is -2.48. The van der Waals surface area contributed by atoms with Gasteiger partial charge in [0.15, 0.2) is 0 Å². The second-order valence-corrected chi connectivity index (χ2v) is 7.12. The van der Waals surface area contributed by atoms with Crippen molar-refractivity contribution in [1.82, 2.24) is 10.2 Å². The monoisotopic (exact) mass is 277 g/mol. The lowest BCUT2D eigenvalue weighted by atomic mass is 9.84. The molecule has 20 heavy (non-hydrogen) atoms. The topological polar surface area (TPSA) is 75.4 Å². The van der Waals surface area contributed by atoms with Crippen LogP contribution in [0.15, 0.2) is 0 Å². The minimum Gasteiger partial charge on any atom is -0.351 e. The van der Waals surface area contributed by atoms with E-state index in [1.165, 1.54) is 6.42 Å². The van der Waals surface area contributed by atoms with Gasteiger partial charge in [-0.15, -0.1) is 0 Å². The van der Waals surface area contributed by atoms with Crippen LogP contribution in [0.2, 0.25) is 0 Å². The van der Waals surface area contributed by atoms with E-state index in [0.29, 0.717) is 30.8 Å². The minimum absolute atomic E-state index is 0.00178. The molecule has 3 saturated carbocycles. The molecule has 0 aromatic heterocycles. The molecule has 0 radical (unpaired) electrons. The fraction of sp³-hybridized carbons (Fsp3) is 0.867. The van der Waals surface area contributed by atoms with E-state index < -0.39 is 0 Å². The molecule has 1 heterocycles. The second-order valence-electron chi connectivity index (χ2n) is 7.12. The quantitative estimate of drug-likeness (QED) is 0.776. The van der Waals surface area contributed by atoms with Crippen LogP contribution in [0, 0.1) is 17.8 Å². The Kier molecular flexibility index (Phi) is 2.81. The molecule has 4 rings (SSSR count). The normalized spacial score (nSPS) is 43.4. The SMILES string of the molecule is NC1C2CCC(C2)C1C(=O)NC1CC(=O)N(C2CC2)C1. The molecule has 110 valence electrons. The van der Waals surface area contributed by atoms with Crippen molar-refractivity contribution in [3.63, 3.8) is 0 Å². The molecule has 4 fully saturated rings. The smallest absolute Gasteiger partial charge is 0.225 e. The van der Waals surface area contributed by atoms with Crippen molar-refractivity contribution in [2.24, 2.45) is 23.5 Å². The summed E-state index contributed by atoms with van der Waals surface area (Å²) in [5, 5.41) is 3.10. The number of carbonyl (C=O) groups is 2. The first-order valence-corrected chi connectivity index (χ1v) is 7.99. The van der Waals surface area contributed by atoms with E-state index >= 15 is 0 Å². The third-order valence-corrected chi connectivity index (χ3v) is 5.78. The standard InChI is InChI=1S/C15H23N3O2/c16-14-9-2-1-8(5-9)13(14)15(20)17-10-6-12(19)18(7-10)11-3-4-11/h8-11,13-14H,1-7,16H2,(H,17,20). The van der Waals surface area contributed by atoms with Gasteiger partial charge in [0.25, 0.3) is 0 Å². The van der Waals surface area contributed by atoms with Gasteiger partial charge in [-0.2, -0.15) is 0 Å². The Morgan fingerprint density at radius 1 is 1.20 bits per heavy atom. The molecule has 2 amide bonds. The first kappa shape index (κ1) is 12.6. The molecule has 4 aliphatic rings. The highest BCUT2D eigenvalue weighted by Gasteiger charge is 2.50. The van der Waals surface area contributed by atoms with E-state index in [4.69, 9.17) is 5.73 Å². The highest BCUT2D eigenvalue weighted by molar-refractivity contribution is 5.84. The van der Waals surface area contributed by atoms with E-state index in [1.807, 2.05) is 4.90 Å². The molecular weight excluding hydrogens is 254 g/mol. The van der Waals surface area contributed by atoms with Crippen LogP contribution in [0.4, 0.5) is 0 Å². The molecule has 1 aliphatic heterocycles. The average Bonchev–Trinajstić information content (AvgIpc) is 2.90. The number of nitrogens with two attached hydrogens (primary N) is 1. The molecular formula is C15H23N3O2. The van der Waals surface area contributed by atoms with Crippen LogP contribution in [-0.2, 0) is 9.59 Å². The summed E-state index contributed by atoms with van der Waals surface area (Å²) in [6.07, 6.45) is 6.18. The number of hydrogen-bond donors (Lipinski definition) is 2. The molecule has 5 atom stereocenters. The Morgan fingerprint density at radius 2 is 1.95 bits per heavy atom. The molecule has 3 aliphatic carbocycles. The number of nitrogens with one attached hydrogen (secondary N) is 1. The van der Waals surface area contributed by atoms with Gasteiger partial charge in [0.1, 0.15) is 0 Å². The van der Waals surface area contributed by atoms with Gasteiger partial charge in [-0.1, -0.05) is 0 Å². The Labute approximate surface area is 119 Å². The molecule has 5 unspecified atom stereocenters. The molecule has 2 bridgehead atoms. The number of hydrogen-bond acceptors (Lipinski definition) is 3. The maximum atomic E-state index is 12.5. The molecule has 0 aromatic carbocycles. The highest BCUT2D eigenvalue weighted by Crippen LogP contribution is 2.47. The number of rotatable bonds is 3. The van der Waals surface area contributed by atoms with Crippen molar-refractivity contribution in [2.45, 2.75) is 56.7 Å². The van der Waals surface area contributed by atoms with Crippen LogP contribution in [0.5, 0.6) is 0 Å². The van der Waals surface area contributed by atoms with Crippen LogP contribution in [-0.4, -0.2) is 41.4 Å². The Hall–Kier alpha value is -1.10. The van der Waals surface area contributed by atoms with Crippen molar-refractivity contribution in [3.8, 4) is 0 Å². The van der Waals surface area contributed by atoms with E-state index in [9.17, 15) is 9.59 Å². The zero-order chi connectivity index (χ0) is 13.9. The average molecular weight is 277 g/mol. The summed E-state index contributed by atoms with van der Waals surface area (Å²) in [7, 11) is 0. The number of likely N-dealkylation sites (tertiary alicyclic amines) is 1. The largest absolute Gasteiger partial charge is 0.351 e. The predicted octanol–water partition coefficient (Wildman–Crippen LogP) is 0.239. The van der Waals surface area contributed by atoms with E-state index in [0.717, 1.165) is 25.7 Å². The molecule has 0 spiro atoms. The molecule has 5 heteroatoms. The van der Waals surface area contributed by atoms with Gasteiger partial charge in [0, 0.05) is 25.0 Å². The third kappa shape index (κ3) is 1.94. The van der Waals surface area contributed by atoms with E-state index in [1.54, 1.807) is 0 Å². The second kappa shape index (κ2) is 4.45. The van der Waals surface area contributed by atoms with Gasteiger partial charge in [0.2, 0.25) is 11.8 Å². The summed E-state index contributed by atoms with van der Waals surface area (Å²) in [5.41, 5.74) is 6.21. The van der Waals surface area contributed by atoms with E-state index in [-0.39, 0.29) is 29.8 Å². The predicted molar refractivity (Wildman–Crippen MR) is 73.6 cm³/mol. The maximum Gasteiger partial charge on any atom is 0.225 e. The fourth-order valence-corrected chi connectivity index (χ4v) is 4.59. The van der Waals surface area contributed by atoms with Gasteiger partial charge in [-0.3, -0.25) is 9.59 Å². The van der Waals surface area contributed by atoms with Crippen molar-refractivity contribution >= 4 is 11.8 Å². The number of nitrogens with zero attached hydrogens (tertiary/aromatic N) is 1. The Balaban J connectivity index is 1.37. The zero-order valence-electron chi connectivity index (χ0n) is 11.8. The Bertz CT molecular complexity index is 446. The highest BCUT2D eigenvalue weighted by atomic mass is 16.2. The van der Waals surface area contributed by atoms with Crippen LogP contribution in [0.1, 0.15) is 38.5 Å². The van der Waals surface area contributed by atoms with Crippen LogP contribution in [0.25, 0.3) is 0 Å². The minimum atomic E-state index is -0.0150. The number of carbonyl (C=O) groups excluding carboxylic acids is 2. The number of amides is 2. The summed E-state index contributed by atoms with van der Waals surface area (Å²) < 4.78 is 0. The summed E-state index contributed by atoms with van der Waals surface area (Å²) in [5.74, 6) is 1.31. The lowest BCUT2D eigenvalue weighted by Gasteiger charge is -2.28. The zero-order valence-corrected chi connectivity index (χ0v) is 11.8. The van der Waals surface area contributed by atoms with Crippen LogP contribution >= 0.6 is 0 Å². The van der Waals surface area contributed by atoms with Gasteiger partial charge in [0.05, 0.1) is 12.0 Å². The summed E-state index contributed by atoms with van der Waals surface area (Å²) in [6.45, 7) is 0.700. The van der Waals surface area contributed by atoms with Gasteiger partial charge in [-0.05, 0) is 43.9 Å². The first-order valence-electron chi connectivity index (χ1n) is 7.99. The van der Waals surface area contributed by atoms with E-state index in [2.05, 4.69) is 5.32 Å². The molecule has 1 saturated heterocycles. The Morgan fingerprint density at radius 3 is 2.60 bits per heavy atom. The maximum absolute atomic E-state index is 12.5. The molecule has 3 N–H and O–H groups in total. The number of fused-ring (bicyclic) bond motifs is 2. The summed E-state index contributed by atoms with van der Waals surface area (Å²) >= 11 is 0. The van der Waals surface area contributed by atoms with Gasteiger partial charge < -0.3 is 16.0 Å². The molecule has 5 nitrogen and oxygen atoms in total. The fourth-order valence-electron chi connectivity index (χ4n) is 4.59. The lowest BCUT2D eigenvalue weighted by molar-refractivity contribution is -0.128. The first-order chi connectivity index (χ1) is 9.63. The van der Waals surface area contributed by atoms with Crippen LogP contribution < -0.4 is 11.1 Å². The summed E-state index contributed by atoms with van der Waals surface area (Å²) in [6, 6.07) is 0.487. The van der Waals surface area contributed by atoms with Crippen molar-refractivity contribution in [3.05, 3.63) is 0 Å². The van der Waals surface area contributed by atoms with Crippen molar-refractivity contribution in [2.75, 3.05) is 6.54 Å². The van der Waals surface area contributed by atoms with Gasteiger partial charge in [-0.25, -0.2) is 0 Å². The van der Waals surface area contributed by atoms with Gasteiger partial charge >= 0.3 is 0 Å². The van der Waals surface area contributed by atoms with Crippen LogP contribution in [0.3, 0.4) is 0 Å².